The maximum absolute atomic E-state index is 10.9. The van der Waals surface area contributed by atoms with Crippen LogP contribution in [0.15, 0.2) is 22.8 Å². The molecule has 1 aliphatic heterocycles. The van der Waals surface area contributed by atoms with E-state index in [1.54, 1.807) is 0 Å². The van der Waals surface area contributed by atoms with Crippen molar-refractivity contribution >= 4 is 27.7 Å². The van der Waals surface area contributed by atoms with E-state index < -0.39 is 5.97 Å². The van der Waals surface area contributed by atoms with Crippen LogP contribution in [0.1, 0.15) is 39.5 Å². The predicted molar refractivity (Wildman–Crippen MR) is 87.5 cm³/mol. The number of carboxylic acid groups (broad SMARTS) is 1. The fraction of sp³-hybridized carbons (Fsp3) is 0.625. The Kier molecular flexibility index (Phi) is 5.25. The zero-order chi connectivity index (χ0) is 15.5. The molecule has 0 radical (unpaired) electrons. The number of hydrogen-bond donors (Lipinski definition) is 1. The van der Waals surface area contributed by atoms with Crippen molar-refractivity contribution < 1.29 is 9.90 Å². The summed E-state index contributed by atoms with van der Waals surface area (Å²) in [4.78, 5) is 17.7. The van der Waals surface area contributed by atoms with E-state index in [9.17, 15) is 4.79 Å². The number of carbonyl (C=O) groups is 1. The summed E-state index contributed by atoms with van der Waals surface area (Å²) >= 11 is 3.40. The number of rotatable bonds is 5. The quantitative estimate of drug-likeness (QED) is 0.869. The zero-order valence-electron chi connectivity index (χ0n) is 12.7. The Labute approximate surface area is 134 Å². The van der Waals surface area contributed by atoms with Gasteiger partial charge in [0.25, 0.3) is 0 Å². The standard InChI is InChI=1S/C16H23BrN2O2/c1-16(2,10-15(20)21)9-12-5-7-19(8-6-12)14-4-3-13(17)11-18-14/h3-4,11-12H,5-10H2,1-2H3,(H,20,21). The van der Waals surface area contributed by atoms with Gasteiger partial charge in [0.05, 0.1) is 6.42 Å². The minimum atomic E-state index is -0.698. The molecule has 0 amide bonds. The van der Waals surface area contributed by atoms with Gasteiger partial charge < -0.3 is 10.0 Å². The second-order valence-corrected chi connectivity index (χ2v) is 7.62. The highest BCUT2D eigenvalue weighted by atomic mass is 79.9. The van der Waals surface area contributed by atoms with Gasteiger partial charge in [-0.05, 0) is 58.7 Å². The maximum Gasteiger partial charge on any atom is 0.303 e. The number of aliphatic carboxylic acids is 1. The number of anilines is 1. The van der Waals surface area contributed by atoms with E-state index in [-0.39, 0.29) is 11.8 Å². The fourth-order valence-electron chi connectivity index (χ4n) is 3.18. The highest BCUT2D eigenvalue weighted by molar-refractivity contribution is 9.10. The lowest BCUT2D eigenvalue weighted by Gasteiger charge is -2.36. The first-order chi connectivity index (χ1) is 9.85. The van der Waals surface area contributed by atoms with Crippen molar-refractivity contribution in [1.29, 1.82) is 0 Å². The topological polar surface area (TPSA) is 53.4 Å². The van der Waals surface area contributed by atoms with E-state index in [0.717, 1.165) is 42.6 Å². The lowest BCUT2D eigenvalue weighted by Crippen LogP contribution is -2.35. The van der Waals surface area contributed by atoms with E-state index >= 15 is 0 Å². The predicted octanol–water partition coefficient (Wildman–Crippen LogP) is 3.95. The minimum absolute atomic E-state index is 0.117. The Morgan fingerprint density at radius 1 is 1.43 bits per heavy atom. The van der Waals surface area contributed by atoms with Crippen molar-refractivity contribution in [3.8, 4) is 0 Å². The summed E-state index contributed by atoms with van der Waals surface area (Å²) in [6.07, 6.45) is 5.29. The van der Waals surface area contributed by atoms with E-state index in [2.05, 4.69) is 39.7 Å². The zero-order valence-corrected chi connectivity index (χ0v) is 14.3. The van der Waals surface area contributed by atoms with Crippen LogP contribution >= 0.6 is 15.9 Å². The third-order valence-corrected chi connectivity index (χ3v) is 4.59. The van der Waals surface area contributed by atoms with E-state index in [0.29, 0.717) is 5.92 Å². The molecule has 1 fully saturated rings. The number of nitrogens with zero attached hydrogens (tertiary/aromatic N) is 2. The summed E-state index contributed by atoms with van der Waals surface area (Å²) < 4.78 is 0.997. The molecule has 21 heavy (non-hydrogen) atoms. The van der Waals surface area contributed by atoms with Crippen LogP contribution in [-0.4, -0.2) is 29.1 Å². The lowest BCUT2D eigenvalue weighted by molar-refractivity contribution is -0.139. The Morgan fingerprint density at radius 3 is 2.62 bits per heavy atom. The van der Waals surface area contributed by atoms with E-state index in [1.165, 1.54) is 0 Å². The van der Waals surface area contributed by atoms with Gasteiger partial charge in [-0.15, -0.1) is 0 Å². The van der Waals surface area contributed by atoms with Crippen LogP contribution < -0.4 is 4.90 Å². The molecule has 1 aromatic rings. The third kappa shape index (κ3) is 4.99. The molecule has 2 rings (SSSR count). The van der Waals surface area contributed by atoms with Crippen LogP contribution in [0.25, 0.3) is 0 Å². The maximum atomic E-state index is 10.9. The molecular formula is C16H23BrN2O2. The fourth-order valence-corrected chi connectivity index (χ4v) is 3.42. The normalized spacial score (nSPS) is 17.0. The van der Waals surface area contributed by atoms with Crippen LogP contribution in [0.5, 0.6) is 0 Å². The lowest BCUT2D eigenvalue weighted by atomic mass is 9.77. The highest BCUT2D eigenvalue weighted by Gasteiger charge is 2.28. The van der Waals surface area contributed by atoms with Gasteiger partial charge in [0, 0.05) is 23.8 Å². The van der Waals surface area contributed by atoms with Crippen molar-refractivity contribution in [3.63, 3.8) is 0 Å². The monoisotopic (exact) mass is 354 g/mol. The average molecular weight is 355 g/mol. The number of halogens is 1. The Bertz CT molecular complexity index is 480. The largest absolute Gasteiger partial charge is 0.481 e. The summed E-state index contributed by atoms with van der Waals surface area (Å²) in [5, 5.41) is 8.97. The molecule has 1 saturated heterocycles. The van der Waals surface area contributed by atoms with Crippen molar-refractivity contribution in [2.45, 2.75) is 39.5 Å². The minimum Gasteiger partial charge on any atom is -0.481 e. The first-order valence-electron chi connectivity index (χ1n) is 7.44. The summed E-state index contributed by atoms with van der Waals surface area (Å²) in [5.41, 5.74) is -0.117. The van der Waals surface area contributed by atoms with Gasteiger partial charge in [-0.25, -0.2) is 4.98 Å². The number of piperidine rings is 1. The van der Waals surface area contributed by atoms with Gasteiger partial charge in [0.1, 0.15) is 5.82 Å². The van der Waals surface area contributed by atoms with Crippen molar-refractivity contribution in [2.24, 2.45) is 11.3 Å². The highest BCUT2D eigenvalue weighted by Crippen LogP contribution is 2.34. The Balaban J connectivity index is 1.85. The van der Waals surface area contributed by atoms with Crippen LogP contribution in [0.4, 0.5) is 5.82 Å². The van der Waals surface area contributed by atoms with Gasteiger partial charge in [-0.3, -0.25) is 4.79 Å². The molecule has 1 aliphatic rings. The Hall–Kier alpha value is -1.10. The van der Waals surface area contributed by atoms with Crippen LogP contribution in [0, 0.1) is 11.3 Å². The average Bonchev–Trinajstić information content (AvgIpc) is 2.38. The molecule has 0 bridgehead atoms. The molecule has 0 aliphatic carbocycles. The number of carboxylic acids is 1. The molecule has 0 spiro atoms. The van der Waals surface area contributed by atoms with E-state index in [1.807, 2.05) is 18.3 Å². The molecule has 0 saturated carbocycles. The molecule has 1 aromatic heterocycles. The summed E-state index contributed by atoms with van der Waals surface area (Å²) in [5.74, 6) is 0.948. The number of hydrogen-bond acceptors (Lipinski definition) is 3. The molecule has 1 N–H and O–H groups in total. The summed E-state index contributed by atoms with van der Waals surface area (Å²) in [6.45, 7) is 6.12. The number of pyridine rings is 1. The van der Waals surface area contributed by atoms with Crippen LogP contribution in [-0.2, 0) is 4.79 Å². The van der Waals surface area contributed by atoms with Gasteiger partial charge in [0.15, 0.2) is 0 Å². The first-order valence-corrected chi connectivity index (χ1v) is 8.23. The smallest absolute Gasteiger partial charge is 0.303 e. The molecule has 4 nitrogen and oxygen atoms in total. The van der Waals surface area contributed by atoms with Crippen LogP contribution in [0.3, 0.4) is 0 Å². The molecule has 0 atom stereocenters. The molecule has 5 heteroatoms. The molecule has 0 aromatic carbocycles. The van der Waals surface area contributed by atoms with Gasteiger partial charge in [0.2, 0.25) is 0 Å². The molecule has 116 valence electrons. The molecule has 2 heterocycles. The second-order valence-electron chi connectivity index (χ2n) is 6.70. The Morgan fingerprint density at radius 2 is 2.10 bits per heavy atom. The third-order valence-electron chi connectivity index (χ3n) is 4.12. The summed E-state index contributed by atoms with van der Waals surface area (Å²) in [6, 6.07) is 4.06. The molecular weight excluding hydrogens is 332 g/mol. The van der Waals surface area contributed by atoms with Gasteiger partial charge in [-0.1, -0.05) is 13.8 Å². The van der Waals surface area contributed by atoms with Gasteiger partial charge >= 0.3 is 5.97 Å². The van der Waals surface area contributed by atoms with Crippen LogP contribution in [0.2, 0.25) is 0 Å². The van der Waals surface area contributed by atoms with Crippen molar-refractivity contribution in [1.82, 2.24) is 4.98 Å². The molecule has 0 unspecified atom stereocenters. The summed E-state index contributed by atoms with van der Waals surface area (Å²) in [7, 11) is 0. The number of aromatic nitrogens is 1. The van der Waals surface area contributed by atoms with Gasteiger partial charge in [-0.2, -0.15) is 0 Å². The van der Waals surface area contributed by atoms with Crippen molar-refractivity contribution in [3.05, 3.63) is 22.8 Å². The second kappa shape index (κ2) is 6.77. The van der Waals surface area contributed by atoms with Crippen molar-refractivity contribution in [2.75, 3.05) is 18.0 Å². The SMILES string of the molecule is CC(C)(CC(=O)O)CC1CCN(c2ccc(Br)cn2)CC1. The first kappa shape index (κ1) is 16.3. The van der Waals surface area contributed by atoms with E-state index in [4.69, 9.17) is 5.11 Å².